The molecule has 1 N–H and O–H groups in total. The lowest BCUT2D eigenvalue weighted by Gasteiger charge is -2.39. The number of nitro groups is 1. The molecule has 0 saturated carbocycles. The van der Waals surface area contributed by atoms with Crippen LogP contribution < -0.4 is 5.32 Å². The first-order valence-corrected chi connectivity index (χ1v) is 7.30. The van der Waals surface area contributed by atoms with Crippen molar-refractivity contribution >= 4 is 24.0 Å². The third kappa shape index (κ3) is 4.73. The molecule has 25 heavy (non-hydrogen) atoms. The Hall–Kier alpha value is -3.01. The van der Waals surface area contributed by atoms with Gasteiger partial charge in [0.25, 0.3) is 12.2 Å². The maximum atomic E-state index is 11.8. The molecule has 2 rings (SSSR count). The van der Waals surface area contributed by atoms with Crippen LogP contribution in [0.15, 0.2) is 24.3 Å². The van der Waals surface area contributed by atoms with Crippen LogP contribution in [0.2, 0.25) is 0 Å². The molecule has 134 valence electrons. The second-order valence-corrected chi connectivity index (χ2v) is 5.27. The van der Waals surface area contributed by atoms with Crippen molar-refractivity contribution in [2.75, 3.05) is 6.61 Å². The maximum Gasteiger partial charge on any atom is 0.304 e. The second-order valence-electron chi connectivity index (χ2n) is 5.27. The van der Waals surface area contributed by atoms with Gasteiger partial charge >= 0.3 is 5.97 Å². The van der Waals surface area contributed by atoms with E-state index in [1.54, 1.807) is 0 Å². The number of hydrogen-bond donors (Lipinski definition) is 1. The number of ether oxygens (including phenoxy) is 3. The molecule has 3 unspecified atom stereocenters. The number of amides is 1. The average Bonchev–Trinajstić information content (AvgIpc) is 2.56. The van der Waals surface area contributed by atoms with E-state index < -0.39 is 35.0 Å². The lowest BCUT2D eigenvalue weighted by molar-refractivity contribution is -0.384. The van der Waals surface area contributed by atoms with E-state index in [1.807, 2.05) is 0 Å². The molecule has 1 amide bonds. The Labute approximate surface area is 142 Å². The van der Waals surface area contributed by atoms with E-state index in [2.05, 4.69) is 10.1 Å². The molecule has 0 aromatic heterocycles. The monoisotopic (exact) mass is 352 g/mol. The number of hydrogen-bond acceptors (Lipinski definition) is 8. The van der Waals surface area contributed by atoms with Gasteiger partial charge in [-0.15, -0.1) is 0 Å². The van der Waals surface area contributed by atoms with Crippen molar-refractivity contribution in [3.05, 3.63) is 39.9 Å². The summed E-state index contributed by atoms with van der Waals surface area (Å²) in [6, 6.07) is 5.68. The van der Waals surface area contributed by atoms with E-state index in [-0.39, 0.29) is 25.4 Å². The minimum Gasteiger partial charge on any atom is -0.465 e. The smallest absolute Gasteiger partial charge is 0.304 e. The lowest BCUT2D eigenvalue weighted by atomic mass is 9.92. The molecule has 0 aliphatic carbocycles. The SMILES string of the molecule is CC(=O)OC1NC(=O)C1C(COC=O)OCc1ccc([N+](=O)[O-])cc1. The van der Waals surface area contributed by atoms with Crippen LogP contribution in [0.25, 0.3) is 0 Å². The van der Waals surface area contributed by atoms with Gasteiger partial charge in [0.15, 0.2) is 6.23 Å². The second kappa shape index (κ2) is 8.20. The molecule has 10 nitrogen and oxygen atoms in total. The van der Waals surface area contributed by atoms with E-state index in [0.29, 0.717) is 5.56 Å². The zero-order valence-corrected chi connectivity index (χ0v) is 13.2. The van der Waals surface area contributed by atoms with Gasteiger partial charge in [-0.3, -0.25) is 24.5 Å². The van der Waals surface area contributed by atoms with Gasteiger partial charge in [-0.05, 0) is 17.7 Å². The molecule has 1 aliphatic rings. The van der Waals surface area contributed by atoms with E-state index in [4.69, 9.17) is 9.47 Å². The van der Waals surface area contributed by atoms with Crippen LogP contribution in [0, 0.1) is 16.0 Å². The van der Waals surface area contributed by atoms with Gasteiger partial charge < -0.3 is 19.5 Å². The van der Waals surface area contributed by atoms with E-state index in [1.165, 1.54) is 31.2 Å². The van der Waals surface area contributed by atoms with Gasteiger partial charge in [0, 0.05) is 19.1 Å². The normalized spacial score (nSPS) is 20.0. The standard InChI is InChI=1S/C15H16N2O8/c1-9(19)25-15-13(14(20)16-15)12(7-23-8-18)24-6-10-2-4-11(5-3-10)17(21)22/h2-5,8,12-13,15H,6-7H2,1H3,(H,16,20). The molecule has 1 fully saturated rings. The van der Waals surface area contributed by atoms with Crippen LogP contribution in [-0.2, 0) is 35.2 Å². The van der Waals surface area contributed by atoms with Crippen molar-refractivity contribution in [2.45, 2.75) is 25.9 Å². The number of nitrogens with one attached hydrogen (secondary N) is 1. The molecule has 0 bridgehead atoms. The molecule has 0 radical (unpaired) electrons. The number of non-ortho nitro benzene ring substituents is 1. The molecule has 1 aromatic carbocycles. The fourth-order valence-corrected chi connectivity index (χ4v) is 2.32. The van der Waals surface area contributed by atoms with Crippen molar-refractivity contribution in [1.29, 1.82) is 0 Å². The molecule has 1 saturated heterocycles. The van der Waals surface area contributed by atoms with E-state index in [9.17, 15) is 24.5 Å². The van der Waals surface area contributed by atoms with E-state index in [0.717, 1.165) is 0 Å². The molecule has 1 heterocycles. The number of nitrogens with zero attached hydrogens (tertiary/aromatic N) is 1. The van der Waals surface area contributed by atoms with Crippen LogP contribution in [0.3, 0.4) is 0 Å². The summed E-state index contributed by atoms with van der Waals surface area (Å²) < 4.78 is 15.2. The van der Waals surface area contributed by atoms with Crippen molar-refractivity contribution in [3.63, 3.8) is 0 Å². The number of carbonyl (C=O) groups excluding carboxylic acids is 3. The minimum atomic E-state index is -0.859. The first-order valence-electron chi connectivity index (χ1n) is 7.30. The number of carbonyl (C=O) groups is 3. The molecular formula is C15H16N2O8. The van der Waals surface area contributed by atoms with Gasteiger partial charge in [-0.1, -0.05) is 0 Å². The van der Waals surface area contributed by atoms with Crippen LogP contribution in [0.4, 0.5) is 5.69 Å². The Balaban J connectivity index is 2.01. The highest BCUT2D eigenvalue weighted by atomic mass is 16.6. The fourth-order valence-electron chi connectivity index (χ4n) is 2.32. The summed E-state index contributed by atoms with van der Waals surface area (Å²) in [5.41, 5.74) is 0.573. The highest BCUT2D eigenvalue weighted by molar-refractivity contribution is 5.86. The first kappa shape index (κ1) is 18.3. The van der Waals surface area contributed by atoms with Crippen LogP contribution in [0.5, 0.6) is 0 Å². The van der Waals surface area contributed by atoms with Crippen molar-refractivity contribution < 1.29 is 33.5 Å². The molecule has 1 aliphatic heterocycles. The highest BCUT2D eigenvalue weighted by Gasteiger charge is 2.48. The summed E-state index contributed by atoms with van der Waals surface area (Å²) in [7, 11) is 0. The molecule has 10 heteroatoms. The quantitative estimate of drug-likeness (QED) is 0.220. The highest BCUT2D eigenvalue weighted by Crippen LogP contribution is 2.24. The zero-order chi connectivity index (χ0) is 18.4. The average molecular weight is 352 g/mol. The predicted octanol–water partition coefficient (Wildman–Crippen LogP) is 0.288. The maximum absolute atomic E-state index is 11.8. The summed E-state index contributed by atoms with van der Waals surface area (Å²) in [5, 5.41) is 13.0. The summed E-state index contributed by atoms with van der Waals surface area (Å²) in [6.07, 6.45) is -1.69. The molecule has 1 aromatic rings. The largest absolute Gasteiger partial charge is 0.465 e. The number of esters is 1. The van der Waals surface area contributed by atoms with Gasteiger partial charge in [-0.25, -0.2) is 0 Å². The van der Waals surface area contributed by atoms with Crippen LogP contribution in [0.1, 0.15) is 12.5 Å². The third-order valence-electron chi connectivity index (χ3n) is 3.55. The van der Waals surface area contributed by atoms with Gasteiger partial charge in [0.1, 0.15) is 18.6 Å². The first-order chi connectivity index (χ1) is 11.9. The van der Waals surface area contributed by atoms with Crippen LogP contribution in [-0.4, -0.2) is 42.2 Å². The Bertz CT molecular complexity index is 660. The van der Waals surface area contributed by atoms with Gasteiger partial charge in [0.2, 0.25) is 5.91 Å². The molecule has 3 atom stereocenters. The van der Waals surface area contributed by atoms with Gasteiger partial charge in [0.05, 0.1) is 11.5 Å². The topological polar surface area (TPSA) is 134 Å². The van der Waals surface area contributed by atoms with Crippen molar-refractivity contribution in [2.24, 2.45) is 5.92 Å². The molecular weight excluding hydrogens is 336 g/mol. The minimum absolute atomic E-state index is 0.0292. The molecule has 0 spiro atoms. The van der Waals surface area contributed by atoms with E-state index >= 15 is 0 Å². The predicted molar refractivity (Wildman–Crippen MR) is 80.9 cm³/mol. The van der Waals surface area contributed by atoms with Crippen LogP contribution >= 0.6 is 0 Å². The summed E-state index contributed by atoms with van der Waals surface area (Å²) in [6.45, 7) is 1.25. The number of nitro benzene ring substituents is 1. The summed E-state index contributed by atoms with van der Waals surface area (Å²) in [5.74, 6) is -1.78. The Morgan fingerprint density at radius 2 is 2.08 bits per heavy atom. The summed E-state index contributed by atoms with van der Waals surface area (Å²) in [4.78, 5) is 43.3. The zero-order valence-electron chi connectivity index (χ0n) is 13.2. The summed E-state index contributed by atoms with van der Waals surface area (Å²) >= 11 is 0. The Morgan fingerprint density at radius 1 is 1.40 bits per heavy atom. The number of rotatable bonds is 9. The Morgan fingerprint density at radius 3 is 2.60 bits per heavy atom. The van der Waals surface area contributed by atoms with Crippen molar-refractivity contribution in [1.82, 2.24) is 5.32 Å². The van der Waals surface area contributed by atoms with Gasteiger partial charge in [-0.2, -0.15) is 0 Å². The van der Waals surface area contributed by atoms with Crippen molar-refractivity contribution in [3.8, 4) is 0 Å². The number of benzene rings is 1. The third-order valence-corrected chi connectivity index (χ3v) is 3.55. The fraction of sp³-hybridized carbons (Fsp3) is 0.400. The number of β-lactam (4-membered cyclic amide) rings is 1. The lowest BCUT2D eigenvalue weighted by Crippen LogP contribution is -2.65. The Kier molecular flexibility index (Phi) is 6.01.